The number of benzene rings is 6. The summed E-state index contributed by atoms with van der Waals surface area (Å²) in [5.41, 5.74) is 10.8. The molecule has 9 aromatic rings. The lowest BCUT2D eigenvalue weighted by molar-refractivity contribution is 0.739. The lowest BCUT2D eigenvalue weighted by Crippen LogP contribution is -2.00. The molecule has 1 aliphatic rings. The number of allylic oxidation sites excluding steroid dienone is 4. The minimum Gasteiger partial charge on any atom is -0.285 e. The molecule has 6 heteroatoms. The van der Waals surface area contributed by atoms with Crippen LogP contribution in [0.1, 0.15) is 18.9 Å². The van der Waals surface area contributed by atoms with Gasteiger partial charge in [-0.15, -0.1) is 0 Å². The van der Waals surface area contributed by atoms with Crippen LogP contribution in [0, 0.1) is 5.92 Å². The quantitative estimate of drug-likeness (QED) is 0.173. The molecule has 0 aliphatic heterocycles. The van der Waals surface area contributed by atoms with Crippen LogP contribution in [-0.4, -0.2) is 24.5 Å². The van der Waals surface area contributed by atoms with Gasteiger partial charge >= 0.3 is 0 Å². The van der Waals surface area contributed by atoms with E-state index in [0.29, 0.717) is 23.4 Å². The minimum absolute atomic E-state index is 0.580. The van der Waals surface area contributed by atoms with Gasteiger partial charge in [0.25, 0.3) is 0 Å². The molecule has 1 unspecified atom stereocenters. The molecule has 0 amide bonds. The number of rotatable bonds is 6. The highest BCUT2D eigenvalue weighted by Gasteiger charge is 2.17. The zero-order valence-electron chi connectivity index (χ0n) is 29.0. The maximum atomic E-state index is 5.07. The van der Waals surface area contributed by atoms with Gasteiger partial charge in [-0.25, -0.2) is 19.9 Å². The van der Waals surface area contributed by atoms with Crippen LogP contribution >= 0.6 is 11.3 Å². The number of thiazole rings is 1. The van der Waals surface area contributed by atoms with Crippen LogP contribution in [0.2, 0.25) is 0 Å². The molecule has 0 saturated heterocycles. The van der Waals surface area contributed by atoms with Crippen molar-refractivity contribution in [3.8, 4) is 50.4 Å². The summed E-state index contributed by atoms with van der Waals surface area (Å²) in [6.45, 7) is 2.25. The third-order valence-electron chi connectivity index (χ3n) is 10.1. The van der Waals surface area contributed by atoms with Crippen molar-refractivity contribution >= 4 is 48.9 Å². The largest absolute Gasteiger partial charge is 0.285 e. The molecule has 252 valence electrons. The third kappa shape index (κ3) is 5.74. The van der Waals surface area contributed by atoms with Gasteiger partial charge in [0.1, 0.15) is 0 Å². The molecule has 3 heterocycles. The van der Waals surface area contributed by atoms with Gasteiger partial charge in [0.05, 0.1) is 21.3 Å². The van der Waals surface area contributed by atoms with E-state index in [1.165, 1.54) is 26.6 Å². The molecule has 1 aliphatic carbocycles. The molecule has 0 spiro atoms. The molecule has 0 bridgehead atoms. The van der Waals surface area contributed by atoms with Gasteiger partial charge in [-0.1, -0.05) is 146 Å². The molecule has 3 aromatic heterocycles. The van der Waals surface area contributed by atoms with Crippen molar-refractivity contribution in [1.82, 2.24) is 24.5 Å². The third-order valence-corrected chi connectivity index (χ3v) is 11.1. The van der Waals surface area contributed by atoms with Crippen molar-refractivity contribution in [3.63, 3.8) is 0 Å². The lowest BCUT2D eigenvalue weighted by Gasteiger charge is -2.13. The second-order valence-electron chi connectivity index (χ2n) is 13.6. The molecule has 1 atom stereocenters. The van der Waals surface area contributed by atoms with Gasteiger partial charge in [-0.2, -0.15) is 0 Å². The number of hydrogen-bond acceptors (Lipinski definition) is 5. The van der Waals surface area contributed by atoms with E-state index in [0.717, 1.165) is 55.9 Å². The molecule has 5 nitrogen and oxygen atoms in total. The standard InChI is InChI=1S/C47H33N5S/c1-30-18-20-31(21-19-30)32-22-24-34(25-23-32)45-49-44(33-10-3-2-4-11-33)50-46(51-45)37-13-9-12-35(28-37)36-26-27-42-39(29-36)38-14-5-7-16-41(38)52(42)47-48-40-15-6-8-17-43(40)53-47/h2-18,20-30H,19H2,1H3. The Bertz CT molecular complexity index is 2850. The summed E-state index contributed by atoms with van der Waals surface area (Å²) in [5.74, 6) is 2.52. The van der Waals surface area contributed by atoms with Crippen molar-refractivity contribution in [3.05, 3.63) is 169 Å². The van der Waals surface area contributed by atoms with Gasteiger partial charge in [0.2, 0.25) is 0 Å². The molecular formula is C47H33N5S. The first-order chi connectivity index (χ1) is 26.1. The first kappa shape index (κ1) is 31.3. The van der Waals surface area contributed by atoms with Gasteiger partial charge in [-0.05, 0) is 71.0 Å². The zero-order chi connectivity index (χ0) is 35.3. The Hall–Kier alpha value is -6.50. The number of hydrogen-bond donors (Lipinski definition) is 0. The van der Waals surface area contributed by atoms with E-state index < -0.39 is 0 Å². The summed E-state index contributed by atoms with van der Waals surface area (Å²) in [6, 6.07) is 50.9. The molecule has 0 saturated carbocycles. The highest BCUT2D eigenvalue weighted by molar-refractivity contribution is 7.20. The summed E-state index contributed by atoms with van der Waals surface area (Å²) in [7, 11) is 0. The van der Waals surface area contributed by atoms with Gasteiger partial charge < -0.3 is 0 Å². The zero-order valence-corrected chi connectivity index (χ0v) is 29.8. The predicted molar refractivity (Wildman–Crippen MR) is 220 cm³/mol. The van der Waals surface area contributed by atoms with Crippen molar-refractivity contribution < 1.29 is 0 Å². The summed E-state index contributed by atoms with van der Waals surface area (Å²) >= 11 is 1.72. The Balaban J connectivity index is 1.06. The molecule has 53 heavy (non-hydrogen) atoms. The summed E-state index contributed by atoms with van der Waals surface area (Å²) in [5, 5.41) is 3.36. The molecular weight excluding hydrogens is 667 g/mol. The van der Waals surface area contributed by atoms with E-state index in [1.54, 1.807) is 11.3 Å². The molecule has 0 N–H and O–H groups in total. The first-order valence-electron chi connectivity index (χ1n) is 18.0. The van der Waals surface area contributed by atoms with Crippen LogP contribution in [0.5, 0.6) is 0 Å². The Labute approximate surface area is 311 Å². The summed E-state index contributed by atoms with van der Waals surface area (Å²) < 4.78 is 3.47. The Morgan fingerprint density at radius 3 is 1.94 bits per heavy atom. The summed E-state index contributed by atoms with van der Waals surface area (Å²) in [6.07, 6.45) is 7.89. The van der Waals surface area contributed by atoms with E-state index in [-0.39, 0.29) is 0 Å². The second-order valence-corrected chi connectivity index (χ2v) is 14.6. The Kier molecular flexibility index (Phi) is 7.62. The highest BCUT2D eigenvalue weighted by Crippen LogP contribution is 2.38. The Morgan fingerprint density at radius 2 is 1.15 bits per heavy atom. The number of fused-ring (bicyclic) bond motifs is 4. The van der Waals surface area contributed by atoms with Gasteiger partial charge in [-0.3, -0.25) is 4.57 Å². The normalized spacial score (nSPS) is 14.3. The van der Waals surface area contributed by atoms with E-state index in [2.05, 4.69) is 139 Å². The molecule has 0 fully saturated rings. The van der Waals surface area contributed by atoms with E-state index in [1.807, 2.05) is 36.4 Å². The van der Waals surface area contributed by atoms with Gasteiger partial charge in [0.15, 0.2) is 22.6 Å². The van der Waals surface area contributed by atoms with Crippen molar-refractivity contribution in [2.75, 3.05) is 0 Å². The van der Waals surface area contributed by atoms with Crippen molar-refractivity contribution in [1.29, 1.82) is 0 Å². The maximum absolute atomic E-state index is 5.07. The monoisotopic (exact) mass is 699 g/mol. The van der Waals surface area contributed by atoms with Crippen molar-refractivity contribution in [2.45, 2.75) is 13.3 Å². The van der Waals surface area contributed by atoms with Crippen LogP contribution in [-0.2, 0) is 0 Å². The van der Waals surface area contributed by atoms with Crippen LogP contribution in [0.4, 0.5) is 0 Å². The average molecular weight is 700 g/mol. The van der Waals surface area contributed by atoms with E-state index in [9.17, 15) is 0 Å². The highest BCUT2D eigenvalue weighted by atomic mass is 32.1. The van der Waals surface area contributed by atoms with E-state index in [4.69, 9.17) is 19.9 Å². The van der Waals surface area contributed by atoms with Crippen LogP contribution in [0.25, 0.3) is 88.0 Å². The Morgan fingerprint density at radius 1 is 0.528 bits per heavy atom. The predicted octanol–water partition coefficient (Wildman–Crippen LogP) is 12.2. The molecule has 10 rings (SSSR count). The minimum atomic E-state index is 0.580. The molecule has 0 radical (unpaired) electrons. The average Bonchev–Trinajstić information content (AvgIpc) is 3.80. The fourth-order valence-corrected chi connectivity index (χ4v) is 8.25. The number of para-hydroxylation sites is 2. The molecule has 6 aromatic carbocycles. The fourth-order valence-electron chi connectivity index (χ4n) is 7.26. The van der Waals surface area contributed by atoms with Gasteiger partial charge in [0, 0.05) is 27.5 Å². The summed E-state index contributed by atoms with van der Waals surface area (Å²) in [4.78, 5) is 20.1. The first-order valence-corrected chi connectivity index (χ1v) is 18.8. The van der Waals surface area contributed by atoms with Crippen molar-refractivity contribution in [2.24, 2.45) is 5.92 Å². The topological polar surface area (TPSA) is 56.5 Å². The van der Waals surface area contributed by atoms with Crippen LogP contribution in [0.3, 0.4) is 0 Å². The SMILES string of the molecule is CC1C=CC(c2ccc(-c3nc(-c4ccccc4)nc(-c4cccc(-c5ccc6c(c5)c5ccccc5n6-c5nc6ccccc6s5)c4)n3)cc2)=CC1. The smallest absolute Gasteiger partial charge is 0.195 e. The van der Waals surface area contributed by atoms with Crippen LogP contribution < -0.4 is 0 Å². The van der Waals surface area contributed by atoms with Crippen LogP contribution in [0.15, 0.2) is 164 Å². The fraction of sp³-hybridized carbons (Fsp3) is 0.0638. The second kappa shape index (κ2) is 12.9. The maximum Gasteiger partial charge on any atom is 0.195 e. The number of aromatic nitrogens is 5. The number of nitrogens with zero attached hydrogens (tertiary/aromatic N) is 5. The van der Waals surface area contributed by atoms with E-state index >= 15 is 0 Å². The lowest BCUT2D eigenvalue weighted by atomic mass is 9.94.